The van der Waals surface area contributed by atoms with Crippen LogP contribution < -0.4 is 10.2 Å². The molecule has 0 radical (unpaired) electrons. The van der Waals surface area contributed by atoms with Crippen LogP contribution in [-0.4, -0.2) is 55.7 Å². The summed E-state index contributed by atoms with van der Waals surface area (Å²) in [6, 6.07) is 9.44. The summed E-state index contributed by atoms with van der Waals surface area (Å²) in [4.78, 5) is 1.27. The van der Waals surface area contributed by atoms with Gasteiger partial charge in [0.25, 0.3) is 0 Å². The van der Waals surface area contributed by atoms with Gasteiger partial charge in [0.15, 0.2) is 10.6 Å². The first kappa shape index (κ1) is 19.2. The Morgan fingerprint density at radius 2 is 2.00 bits per heavy atom. The van der Waals surface area contributed by atoms with Crippen LogP contribution in [0, 0.1) is 3.95 Å². The summed E-state index contributed by atoms with van der Waals surface area (Å²) in [6.45, 7) is 3.10. The first-order chi connectivity index (χ1) is 12.5. The summed E-state index contributed by atoms with van der Waals surface area (Å²) >= 11 is 6.76. The topological polar surface area (TPSA) is 71.7 Å². The Bertz CT molecular complexity index is 913. The van der Waals surface area contributed by atoms with Crippen molar-refractivity contribution in [1.29, 1.82) is 0 Å². The molecule has 7 nitrogen and oxygen atoms in total. The van der Waals surface area contributed by atoms with E-state index >= 15 is 0 Å². The number of benzene rings is 1. The quantitative estimate of drug-likeness (QED) is 0.689. The van der Waals surface area contributed by atoms with Crippen LogP contribution in [0.4, 0.5) is 5.13 Å². The molecule has 1 aliphatic heterocycles. The normalized spacial score (nSPS) is 17.0. The minimum atomic E-state index is -3.40. The lowest BCUT2D eigenvalue weighted by Gasteiger charge is -2.30. The molecule has 2 N–H and O–H groups in total. The van der Waals surface area contributed by atoms with E-state index in [1.807, 2.05) is 37.4 Å². The van der Waals surface area contributed by atoms with Gasteiger partial charge in [-0.2, -0.15) is 8.99 Å². The molecule has 0 bridgehead atoms. The van der Waals surface area contributed by atoms with Crippen LogP contribution in [0.25, 0.3) is 6.08 Å². The van der Waals surface area contributed by atoms with Gasteiger partial charge in [-0.3, -0.25) is 0 Å². The predicted molar refractivity (Wildman–Crippen MR) is 107 cm³/mol. The number of piperazine rings is 1. The molecule has 0 atom stereocenters. The molecule has 2 aromatic rings. The van der Waals surface area contributed by atoms with Crippen LogP contribution >= 0.6 is 23.6 Å². The van der Waals surface area contributed by atoms with Gasteiger partial charge in [0.2, 0.25) is 15.2 Å². The van der Waals surface area contributed by atoms with Crippen LogP contribution in [0.2, 0.25) is 0 Å². The molecule has 1 aromatic carbocycles. The maximum Gasteiger partial charge on any atom is 0.236 e. The number of quaternary nitrogens is 1. The van der Waals surface area contributed by atoms with E-state index in [4.69, 9.17) is 12.2 Å². The van der Waals surface area contributed by atoms with Crippen molar-refractivity contribution in [2.75, 3.05) is 38.5 Å². The first-order valence-electron chi connectivity index (χ1n) is 8.30. The fourth-order valence-electron chi connectivity index (χ4n) is 2.75. The first-order valence-corrected chi connectivity index (χ1v) is 11.0. The van der Waals surface area contributed by atoms with Crippen molar-refractivity contribution < 1.29 is 13.3 Å². The molecule has 1 aliphatic rings. The molecule has 10 heteroatoms. The lowest BCUT2D eigenvalue weighted by molar-refractivity contribution is -0.926. The third-order valence-electron chi connectivity index (χ3n) is 4.21. The Kier molecular flexibility index (Phi) is 6.20. The zero-order valence-corrected chi connectivity index (χ0v) is 16.9. The van der Waals surface area contributed by atoms with E-state index in [2.05, 4.69) is 10.4 Å². The van der Waals surface area contributed by atoms with Crippen LogP contribution in [0.3, 0.4) is 0 Å². The van der Waals surface area contributed by atoms with Crippen molar-refractivity contribution in [3.05, 3.63) is 45.3 Å². The third-order valence-corrected chi connectivity index (χ3v) is 7.11. The second-order valence-corrected chi connectivity index (χ2v) is 9.43. The van der Waals surface area contributed by atoms with Crippen molar-refractivity contribution in [2.45, 2.75) is 6.67 Å². The summed E-state index contributed by atoms with van der Waals surface area (Å²) in [5, 5.41) is 9.49. The lowest BCUT2D eigenvalue weighted by Crippen LogP contribution is -3.14. The van der Waals surface area contributed by atoms with Gasteiger partial charge in [-0.05, 0) is 23.9 Å². The highest BCUT2D eigenvalue weighted by molar-refractivity contribution is 7.92. The third kappa shape index (κ3) is 4.77. The molecule has 3 rings (SSSR count). The highest BCUT2D eigenvalue weighted by Crippen LogP contribution is 2.12. The van der Waals surface area contributed by atoms with Crippen LogP contribution in [0.5, 0.6) is 0 Å². The fourth-order valence-corrected chi connectivity index (χ4v) is 4.90. The Labute approximate surface area is 162 Å². The molecule has 0 unspecified atom stereocenters. The van der Waals surface area contributed by atoms with E-state index in [0.29, 0.717) is 19.8 Å². The number of hydrogen-bond acceptors (Lipinski definition) is 6. The second kappa shape index (κ2) is 8.40. The van der Waals surface area contributed by atoms with Crippen molar-refractivity contribution in [1.82, 2.24) is 14.1 Å². The van der Waals surface area contributed by atoms with Crippen LogP contribution in [-0.2, 0) is 16.7 Å². The van der Waals surface area contributed by atoms with Crippen molar-refractivity contribution in [3.63, 3.8) is 0 Å². The lowest BCUT2D eigenvalue weighted by atomic mass is 10.2. The van der Waals surface area contributed by atoms with Crippen LogP contribution in [0.1, 0.15) is 5.56 Å². The Morgan fingerprint density at radius 1 is 1.31 bits per heavy atom. The molecular formula is C16H22N5O2S3+. The molecule has 1 saturated heterocycles. The zero-order valence-electron chi connectivity index (χ0n) is 14.5. The van der Waals surface area contributed by atoms with Gasteiger partial charge in [-0.25, -0.2) is 8.42 Å². The average molecular weight is 413 g/mol. The van der Waals surface area contributed by atoms with E-state index < -0.39 is 10.0 Å². The highest BCUT2D eigenvalue weighted by Gasteiger charge is 2.27. The van der Waals surface area contributed by atoms with E-state index in [9.17, 15) is 8.42 Å². The monoisotopic (exact) mass is 412 g/mol. The number of anilines is 1. The molecule has 0 amide bonds. The maximum atomic E-state index is 12.5. The number of rotatable bonds is 6. The van der Waals surface area contributed by atoms with E-state index in [1.165, 1.54) is 25.9 Å². The molecule has 1 aromatic heterocycles. The Hall–Kier alpha value is -1.59. The predicted octanol–water partition coefficient (Wildman–Crippen LogP) is 0.874. The molecule has 0 saturated carbocycles. The van der Waals surface area contributed by atoms with Gasteiger partial charge in [-0.1, -0.05) is 41.7 Å². The molecule has 140 valence electrons. The highest BCUT2D eigenvalue weighted by atomic mass is 32.2. The van der Waals surface area contributed by atoms with Crippen molar-refractivity contribution in [3.8, 4) is 0 Å². The van der Waals surface area contributed by atoms with E-state index in [0.717, 1.165) is 27.7 Å². The number of aromatic nitrogens is 2. The van der Waals surface area contributed by atoms with Gasteiger partial charge in [-0.15, -0.1) is 5.10 Å². The molecule has 1 fully saturated rings. The van der Waals surface area contributed by atoms with Crippen molar-refractivity contribution >= 4 is 44.8 Å². The fraction of sp³-hybridized carbons (Fsp3) is 0.375. The van der Waals surface area contributed by atoms with Gasteiger partial charge in [0.05, 0.1) is 26.2 Å². The standard InChI is InChI=1S/C16H21N5O2S3/c1-17-15-18-21(16(24)25-15)13-19-8-10-20(11-9-19)26(22,23)12-7-14-5-3-2-4-6-14/h2-7,12H,8-11,13H2,1H3,(H,17,18)/p+1/b12-7+. The maximum absolute atomic E-state index is 12.5. The summed E-state index contributed by atoms with van der Waals surface area (Å²) in [5.41, 5.74) is 0.874. The molecular weight excluding hydrogens is 390 g/mol. The Morgan fingerprint density at radius 3 is 2.62 bits per heavy atom. The van der Waals surface area contributed by atoms with Gasteiger partial charge in [0, 0.05) is 12.5 Å². The number of sulfonamides is 1. The Balaban J connectivity index is 1.58. The molecule has 0 spiro atoms. The summed E-state index contributed by atoms with van der Waals surface area (Å²) in [7, 11) is -1.58. The van der Waals surface area contributed by atoms with Crippen LogP contribution in [0.15, 0.2) is 35.7 Å². The molecule has 2 heterocycles. The zero-order chi connectivity index (χ0) is 18.6. The largest absolute Gasteiger partial charge is 0.363 e. The van der Waals surface area contributed by atoms with E-state index in [-0.39, 0.29) is 0 Å². The summed E-state index contributed by atoms with van der Waals surface area (Å²) in [5.74, 6) is 0. The van der Waals surface area contributed by atoms with Gasteiger partial charge in [0.1, 0.15) is 0 Å². The van der Waals surface area contributed by atoms with Gasteiger partial charge >= 0.3 is 0 Å². The second-order valence-electron chi connectivity index (χ2n) is 5.99. The summed E-state index contributed by atoms with van der Waals surface area (Å²) in [6.07, 6.45) is 1.64. The van der Waals surface area contributed by atoms with Crippen molar-refractivity contribution in [2.24, 2.45) is 0 Å². The number of nitrogens with one attached hydrogen (secondary N) is 2. The van der Waals surface area contributed by atoms with Gasteiger partial charge < -0.3 is 10.2 Å². The number of nitrogens with zero attached hydrogens (tertiary/aromatic N) is 3. The smallest absolute Gasteiger partial charge is 0.236 e. The average Bonchev–Trinajstić information content (AvgIpc) is 3.01. The minimum Gasteiger partial charge on any atom is -0.363 e. The minimum absolute atomic E-state index is 0.493. The molecule has 26 heavy (non-hydrogen) atoms. The summed E-state index contributed by atoms with van der Waals surface area (Å²) < 4.78 is 29.1. The SMILES string of the molecule is CNc1nn(C[NH+]2CCN(S(=O)(=O)/C=C/c3ccccc3)CC2)c(=S)s1. The van der Waals surface area contributed by atoms with E-state index in [1.54, 1.807) is 10.8 Å². The number of hydrogen-bond donors (Lipinski definition) is 2. The molecule has 0 aliphatic carbocycles.